The zero-order valence-electron chi connectivity index (χ0n) is 20.3. The lowest BCUT2D eigenvalue weighted by Gasteiger charge is -2.15. The molecule has 1 fully saturated rings. The van der Waals surface area contributed by atoms with E-state index >= 15 is 0 Å². The second kappa shape index (κ2) is 10.1. The number of ketones is 1. The minimum atomic E-state index is -0.351. The average Bonchev–Trinajstić information content (AvgIpc) is 3.47. The molecule has 3 heterocycles. The van der Waals surface area contributed by atoms with Gasteiger partial charge in [-0.15, -0.1) is 0 Å². The fourth-order valence-electron chi connectivity index (χ4n) is 4.71. The van der Waals surface area contributed by atoms with Crippen molar-refractivity contribution in [3.05, 3.63) is 93.8 Å². The predicted molar refractivity (Wildman–Crippen MR) is 145 cm³/mol. The number of aryl methyl sites for hydroxylation is 1. The lowest BCUT2D eigenvalue weighted by atomic mass is 10.0. The second-order valence-electron chi connectivity index (χ2n) is 9.04. The molecule has 8 heteroatoms. The third kappa shape index (κ3) is 4.69. The monoisotopic (exact) mass is 500 g/mol. The molecule has 2 aromatic carbocycles. The maximum atomic E-state index is 13.8. The molecule has 1 aliphatic heterocycles. The molecule has 5 rings (SSSR count). The standard InChI is InChI=1S/C28H28N4O3S/c1-3-31-15-14-20(17-31)29-28(35)30-26-24(25(34)19-9-7-8-18(2)16-19)22-12-13-23(33)32(27(22)36-26)21-10-5-4-6-11-21/h4-13,16,20H,3,14-15,17H2,1-2H3,(H2,29,30,35). The quantitative estimate of drug-likeness (QED) is 0.372. The number of aromatic nitrogens is 1. The summed E-state index contributed by atoms with van der Waals surface area (Å²) in [6.07, 6.45) is 0.885. The van der Waals surface area contributed by atoms with Crippen LogP contribution in [0.3, 0.4) is 0 Å². The molecule has 7 nitrogen and oxygen atoms in total. The first-order valence-corrected chi connectivity index (χ1v) is 12.9. The molecule has 4 aromatic rings. The van der Waals surface area contributed by atoms with E-state index in [1.54, 1.807) is 16.7 Å². The van der Waals surface area contributed by atoms with E-state index in [2.05, 4.69) is 22.5 Å². The van der Waals surface area contributed by atoms with Gasteiger partial charge in [0.1, 0.15) is 9.83 Å². The number of pyridine rings is 1. The molecule has 184 valence electrons. The summed E-state index contributed by atoms with van der Waals surface area (Å²) in [7, 11) is 0. The Hall–Kier alpha value is -3.75. The van der Waals surface area contributed by atoms with Gasteiger partial charge in [0.05, 0.1) is 11.3 Å². The van der Waals surface area contributed by atoms with Crippen LogP contribution in [-0.2, 0) is 0 Å². The van der Waals surface area contributed by atoms with Crippen LogP contribution < -0.4 is 16.2 Å². The van der Waals surface area contributed by atoms with Crippen molar-refractivity contribution in [3.8, 4) is 5.69 Å². The highest BCUT2D eigenvalue weighted by molar-refractivity contribution is 7.23. The molecule has 1 atom stereocenters. The Morgan fingerprint density at radius 1 is 1.06 bits per heavy atom. The Balaban J connectivity index is 1.59. The number of anilines is 1. The number of carbonyl (C=O) groups is 2. The third-order valence-corrected chi connectivity index (χ3v) is 7.65. The van der Waals surface area contributed by atoms with Gasteiger partial charge in [-0.05, 0) is 44.2 Å². The number of fused-ring (bicyclic) bond motifs is 1. The molecule has 1 unspecified atom stereocenters. The number of likely N-dealkylation sites (tertiary alicyclic amines) is 1. The van der Waals surface area contributed by atoms with E-state index in [-0.39, 0.29) is 23.4 Å². The smallest absolute Gasteiger partial charge is 0.320 e. The number of rotatable bonds is 6. The minimum absolute atomic E-state index is 0.0535. The number of carbonyl (C=O) groups excluding carboxylic acids is 2. The zero-order chi connectivity index (χ0) is 25.2. The number of amides is 2. The SMILES string of the molecule is CCN1CCC(NC(=O)Nc2sc3c(ccc(=O)n3-c3ccccc3)c2C(=O)c2cccc(C)c2)C1. The van der Waals surface area contributed by atoms with E-state index in [0.717, 1.165) is 31.6 Å². The molecular formula is C28H28N4O3S. The molecule has 0 radical (unpaired) electrons. The van der Waals surface area contributed by atoms with Crippen molar-refractivity contribution in [3.63, 3.8) is 0 Å². The number of likely N-dealkylation sites (N-methyl/N-ethyl adjacent to an activating group) is 1. The number of thiophene rings is 1. The predicted octanol–water partition coefficient (Wildman–Crippen LogP) is 4.81. The van der Waals surface area contributed by atoms with Crippen LogP contribution in [0.5, 0.6) is 0 Å². The minimum Gasteiger partial charge on any atom is -0.334 e. The summed E-state index contributed by atoms with van der Waals surface area (Å²) in [6.45, 7) is 6.74. The van der Waals surface area contributed by atoms with Crippen LogP contribution in [0.25, 0.3) is 15.9 Å². The summed E-state index contributed by atoms with van der Waals surface area (Å²) >= 11 is 1.24. The number of hydrogen-bond acceptors (Lipinski definition) is 5. The summed E-state index contributed by atoms with van der Waals surface area (Å²) in [5.41, 5.74) is 2.39. The van der Waals surface area contributed by atoms with Crippen LogP contribution >= 0.6 is 11.3 Å². The van der Waals surface area contributed by atoms with Crippen LogP contribution in [0.15, 0.2) is 71.5 Å². The molecule has 0 saturated carbocycles. The number of nitrogens with one attached hydrogen (secondary N) is 2. The van der Waals surface area contributed by atoms with Gasteiger partial charge in [-0.1, -0.05) is 60.2 Å². The first-order chi connectivity index (χ1) is 17.4. The van der Waals surface area contributed by atoms with Gasteiger partial charge in [-0.25, -0.2) is 4.79 Å². The van der Waals surface area contributed by atoms with Gasteiger partial charge in [0.25, 0.3) is 5.56 Å². The third-order valence-electron chi connectivity index (χ3n) is 6.55. The highest BCUT2D eigenvalue weighted by atomic mass is 32.1. The molecule has 2 aromatic heterocycles. The number of nitrogens with zero attached hydrogens (tertiary/aromatic N) is 2. The Kier molecular flexibility index (Phi) is 6.71. The number of para-hydroxylation sites is 1. The summed E-state index contributed by atoms with van der Waals surface area (Å²) in [6, 6.07) is 19.5. The topological polar surface area (TPSA) is 83.4 Å². The van der Waals surface area contributed by atoms with Crippen LogP contribution in [0.1, 0.15) is 34.8 Å². The van der Waals surface area contributed by atoms with Crippen molar-refractivity contribution in [2.24, 2.45) is 0 Å². The van der Waals surface area contributed by atoms with Gasteiger partial charge < -0.3 is 10.2 Å². The molecule has 0 spiro atoms. The molecule has 2 amide bonds. The van der Waals surface area contributed by atoms with Gasteiger partial charge in [0.15, 0.2) is 5.78 Å². The maximum absolute atomic E-state index is 13.8. The van der Waals surface area contributed by atoms with Gasteiger partial charge in [0, 0.05) is 36.1 Å². The van der Waals surface area contributed by atoms with Gasteiger partial charge in [-0.2, -0.15) is 0 Å². The summed E-state index contributed by atoms with van der Waals surface area (Å²) < 4.78 is 1.59. The molecule has 0 aliphatic carbocycles. The summed E-state index contributed by atoms with van der Waals surface area (Å²) in [5, 5.41) is 7.03. The molecule has 0 bridgehead atoms. The summed E-state index contributed by atoms with van der Waals surface area (Å²) in [5.74, 6) is -0.198. The van der Waals surface area contributed by atoms with Gasteiger partial charge >= 0.3 is 6.03 Å². The zero-order valence-corrected chi connectivity index (χ0v) is 21.1. The summed E-state index contributed by atoms with van der Waals surface area (Å²) in [4.78, 5) is 42.6. The van der Waals surface area contributed by atoms with Crippen molar-refractivity contribution in [1.82, 2.24) is 14.8 Å². The molecule has 1 aliphatic rings. The van der Waals surface area contributed by atoms with Crippen LogP contribution in [0.2, 0.25) is 0 Å². The maximum Gasteiger partial charge on any atom is 0.320 e. The first kappa shape index (κ1) is 24.0. The Bertz CT molecular complexity index is 1490. The molecule has 2 N–H and O–H groups in total. The number of hydrogen-bond donors (Lipinski definition) is 2. The van der Waals surface area contributed by atoms with E-state index in [9.17, 15) is 14.4 Å². The van der Waals surface area contributed by atoms with Crippen molar-refractivity contribution < 1.29 is 9.59 Å². The van der Waals surface area contributed by atoms with Crippen LogP contribution in [-0.4, -0.2) is 47.0 Å². The van der Waals surface area contributed by atoms with E-state index < -0.39 is 0 Å². The van der Waals surface area contributed by atoms with Crippen molar-refractivity contribution >= 4 is 38.4 Å². The highest BCUT2D eigenvalue weighted by Crippen LogP contribution is 2.37. The van der Waals surface area contributed by atoms with Gasteiger partial charge in [-0.3, -0.25) is 19.5 Å². The lowest BCUT2D eigenvalue weighted by molar-refractivity contribution is 0.104. The fraction of sp³-hybridized carbons (Fsp3) is 0.250. The van der Waals surface area contributed by atoms with E-state index in [0.29, 0.717) is 32.0 Å². The van der Waals surface area contributed by atoms with Crippen molar-refractivity contribution in [1.29, 1.82) is 0 Å². The fourth-order valence-corrected chi connectivity index (χ4v) is 5.92. The number of benzene rings is 2. The second-order valence-corrected chi connectivity index (χ2v) is 10.0. The Morgan fingerprint density at radius 2 is 1.86 bits per heavy atom. The van der Waals surface area contributed by atoms with Crippen LogP contribution in [0.4, 0.5) is 9.80 Å². The van der Waals surface area contributed by atoms with E-state index in [1.807, 2.05) is 55.5 Å². The Labute approximate surface area is 213 Å². The molecule has 36 heavy (non-hydrogen) atoms. The largest absolute Gasteiger partial charge is 0.334 e. The normalized spacial score (nSPS) is 15.8. The van der Waals surface area contributed by atoms with Crippen LogP contribution in [0, 0.1) is 6.92 Å². The van der Waals surface area contributed by atoms with Crippen molar-refractivity contribution in [2.75, 3.05) is 25.0 Å². The van der Waals surface area contributed by atoms with Gasteiger partial charge in [0.2, 0.25) is 0 Å². The highest BCUT2D eigenvalue weighted by Gasteiger charge is 2.26. The van der Waals surface area contributed by atoms with E-state index in [1.165, 1.54) is 17.4 Å². The average molecular weight is 501 g/mol. The first-order valence-electron chi connectivity index (χ1n) is 12.1. The Morgan fingerprint density at radius 3 is 2.58 bits per heavy atom. The molecule has 1 saturated heterocycles. The number of urea groups is 1. The van der Waals surface area contributed by atoms with Crippen molar-refractivity contribution in [2.45, 2.75) is 26.3 Å². The van der Waals surface area contributed by atoms with E-state index in [4.69, 9.17) is 0 Å². The molecular weight excluding hydrogens is 472 g/mol. The lowest BCUT2D eigenvalue weighted by Crippen LogP contribution is -2.39.